The highest BCUT2D eigenvalue weighted by Gasteiger charge is 2.21. The number of amides is 1. The molecule has 25 heavy (non-hydrogen) atoms. The minimum absolute atomic E-state index is 0.138. The molecule has 0 saturated carbocycles. The molecular formula is C18H19N3O4. The predicted octanol–water partition coefficient (Wildman–Crippen LogP) is 1.88. The van der Waals surface area contributed by atoms with Crippen LogP contribution in [0.25, 0.3) is 10.9 Å². The minimum Gasteiger partial charge on any atom is -0.445 e. The zero-order chi connectivity index (χ0) is 17.6. The zero-order valence-corrected chi connectivity index (χ0v) is 13.4. The summed E-state index contributed by atoms with van der Waals surface area (Å²) in [7, 11) is 0. The van der Waals surface area contributed by atoms with E-state index in [1.165, 1.54) is 0 Å². The first-order valence-corrected chi connectivity index (χ1v) is 7.88. The molecule has 2 atom stereocenters. The van der Waals surface area contributed by atoms with Crippen LogP contribution in [0, 0.1) is 0 Å². The number of carbonyl (C=O) groups excluding carboxylic acids is 1. The molecule has 0 aliphatic rings. The number of ether oxygens (including phenoxy) is 1. The molecule has 4 N–H and O–H groups in total. The second-order valence-corrected chi connectivity index (χ2v) is 5.64. The molecule has 0 bridgehead atoms. The predicted molar refractivity (Wildman–Crippen MR) is 91.7 cm³/mol. The van der Waals surface area contributed by atoms with Gasteiger partial charge in [-0.2, -0.15) is 5.10 Å². The van der Waals surface area contributed by atoms with Crippen molar-refractivity contribution in [2.45, 2.75) is 18.8 Å². The van der Waals surface area contributed by atoms with Crippen molar-refractivity contribution in [2.75, 3.05) is 6.54 Å². The number of carbonyl (C=O) groups is 1. The van der Waals surface area contributed by atoms with E-state index in [1.807, 2.05) is 36.4 Å². The molecule has 0 fully saturated rings. The summed E-state index contributed by atoms with van der Waals surface area (Å²) in [6.45, 7) is -0.00190. The van der Waals surface area contributed by atoms with E-state index >= 15 is 0 Å². The summed E-state index contributed by atoms with van der Waals surface area (Å²) in [6, 6.07) is 14.6. The van der Waals surface area contributed by atoms with Crippen molar-refractivity contribution in [3.63, 3.8) is 0 Å². The summed E-state index contributed by atoms with van der Waals surface area (Å²) in [5.74, 6) is 0. The Labute approximate surface area is 144 Å². The van der Waals surface area contributed by atoms with Crippen LogP contribution in [0.15, 0.2) is 54.7 Å². The highest BCUT2D eigenvalue weighted by Crippen LogP contribution is 2.24. The lowest BCUT2D eigenvalue weighted by atomic mass is 10.0. The van der Waals surface area contributed by atoms with Crippen molar-refractivity contribution < 1.29 is 19.7 Å². The van der Waals surface area contributed by atoms with Crippen molar-refractivity contribution >= 4 is 17.0 Å². The van der Waals surface area contributed by atoms with Crippen molar-refractivity contribution in [3.05, 3.63) is 65.9 Å². The Kier molecular flexibility index (Phi) is 5.27. The molecule has 2 aromatic carbocycles. The van der Waals surface area contributed by atoms with E-state index in [-0.39, 0.29) is 13.2 Å². The summed E-state index contributed by atoms with van der Waals surface area (Å²) in [5, 5.41) is 30.5. The smallest absolute Gasteiger partial charge is 0.407 e. The average Bonchev–Trinajstić information content (AvgIpc) is 3.13. The quantitative estimate of drug-likeness (QED) is 0.548. The number of H-pyrrole nitrogens is 1. The number of nitrogens with zero attached hydrogens (tertiary/aromatic N) is 1. The first-order valence-electron chi connectivity index (χ1n) is 7.88. The van der Waals surface area contributed by atoms with Crippen LogP contribution in [0.1, 0.15) is 17.2 Å². The lowest BCUT2D eigenvalue weighted by molar-refractivity contribution is 0.0191. The van der Waals surface area contributed by atoms with E-state index in [1.54, 1.807) is 18.3 Å². The van der Waals surface area contributed by atoms with Crippen LogP contribution in [0.2, 0.25) is 0 Å². The highest BCUT2D eigenvalue weighted by molar-refractivity contribution is 5.81. The fourth-order valence-corrected chi connectivity index (χ4v) is 2.52. The molecule has 1 aromatic heterocycles. The molecule has 0 aliphatic carbocycles. The molecule has 0 saturated heterocycles. The second-order valence-electron chi connectivity index (χ2n) is 5.64. The molecule has 3 rings (SSSR count). The Hall–Kier alpha value is -2.90. The van der Waals surface area contributed by atoms with E-state index in [4.69, 9.17) is 4.74 Å². The number of aliphatic hydroxyl groups is 2. The molecule has 7 heteroatoms. The third kappa shape index (κ3) is 4.14. The molecular weight excluding hydrogens is 322 g/mol. The third-order valence-corrected chi connectivity index (χ3v) is 3.86. The highest BCUT2D eigenvalue weighted by atomic mass is 16.5. The Bertz CT molecular complexity index is 834. The van der Waals surface area contributed by atoms with Gasteiger partial charge in [-0.3, -0.25) is 5.10 Å². The van der Waals surface area contributed by atoms with Crippen molar-refractivity contribution in [3.8, 4) is 0 Å². The average molecular weight is 341 g/mol. The molecule has 2 unspecified atom stereocenters. The van der Waals surface area contributed by atoms with E-state index in [0.29, 0.717) is 11.1 Å². The lowest BCUT2D eigenvalue weighted by Crippen LogP contribution is -2.35. The minimum atomic E-state index is -1.18. The molecule has 7 nitrogen and oxygen atoms in total. The fraction of sp³-hybridized carbons (Fsp3) is 0.222. The first kappa shape index (κ1) is 16.9. The molecule has 0 aliphatic heterocycles. The van der Waals surface area contributed by atoms with Crippen LogP contribution in [0.5, 0.6) is 0 Å². The summed E-state index contributed by atoms with van der Waals surface area (Å²) in [5.41, 5.74) is 2.03. The van der Waals surface area contributed by atoms with Crippen LogP contribution >= 0.6 is 0 Å². The number of benzene rings is 2. The third-order valence-electron chi connectivity index (χ3n) is 3.86. The van der Waals surface area contributed by atoms with E-state index in [2.05, 4.69) is 15.5 Å². The van der Waals surface area contributed by atoms with E-state index in [9.17, 15) is 15.0 Å². The van der Waals surface area contributed by atoms with E-state index < -0.39 is 18.3 Å². The number of aromatic amines is 1. The second kappa shape index (κ2) is 7.78. The molecule has 130 valence electrons. The number of hydrogen-bond donors (Lipinski definition) is 4. The number of aromatic nitrogens is 2. The number of para-hydroxylation sites is 1. The molecule has 1 heterocycles. The molecule has 0 radical (unpaired) electrons. The van der Waals surface area contributed by atoms with Crippen LogP contribution in [-0.2, 0) is 11.3 Å². The number of rotatable bonds is 6. The Morgan fingerprint density at radius 3 is 2.76 bits per heavy atom. The Morgan fingerprint density at radius 2 is 1.96 bits per heavy atom. The van der Waals surface area contributed by atoms with Gasteiger partial charge in [-0.15, -0.1) is 0 Å². The summed E-state index contributed by atoms with van der Waals surface area (Å²) in [4.78, 5) is 11.7. The number of fused-ring (bicyclic) bond motifs is 1. The van der Waals surface area contributed by atoms with Crippen molar-refractivity contribution in [2.24, 2.45) is 0 Å². The van der Waals surface area contributed by atoms with Gasteiger partial charge in [0.2, 0.25) is 0 Å². The van der Waals surface area contributed by atoms with Gasteiger partial charge in [0.15, 0.2) is 0 Å². The SMILES string of the molecule is O=C(NCC(O)C(O)c1cccc2cn[nH]c12)OCc1ccccc1. The number of nitrogens with one attached hydrogen (secondary N) is 2. The Morgan fingerprint density at radius 1 is 1.16 bits per heavy atom. The lowest BCUT2D eigenvalue weighted by Gasteiger charge is -2.19. The molecule has 0 spiro atoms. The summed E-state index contributed by atoms with van der Waals surface area (Å²) < 4.78 is 5.06. The summed E-state index contributed by atoms with van der Waals surface area (Å²) in [6.07, 6.45) is -1.37. The number of hydrogen-bond acceptors (Lipinski definition) is 5. The van der Waals surface area contributed by atoms with Gasteiger partial charge in [-0.05, 0) is 5.56 Å². The van der Waals surface area contributed by atoms with Gasteiger partial charge in [-0.25, -0.2) is 4.79 Å². The van der Waals surface area contributed by atoms with Crippen molar-refractivity contribution in [1.82, 2.24) is 15.5 Å². The van der Waals surface area contributed by atoms with Crippen LogP contribution < -0.4 is 5.32 Å². The van der Waals surface area contributed by atoms with Gasteiger partial charge >= 0.3 is 6.09 Å². The van der Waals surface area contributed by atoms with Gasteiger partial charge in [0.1, 0.15) is 18.8 Å². The normalized spacial score (nSPS) is 13.4. The topological polar surface area (TPSA) is 107 Å². The molecule has 1 amide bonds. The zero-order valence-electron chi connectivity index (χ0n) is 13.4. The maximum atomic E-state index is 11.7. The maximum Gasteiger partial charge on any atom is 0.407 e. The van der Waals surface area contributed by atoms with Crippen LogP contribution in [-0.4, -0.2) is 39.2 Å². The van der Waals surface area contributed by atoms with Gasteiger partial charge in [0.25, 0.3) is 0 Å². The number of aliphatic hydroxyl groups excluding tert-OH is 2. The van der Waals surface area contributed by atoms with Crippen LogP contribution in [0.3, 0.4) is 0 Å². The maximum absolute atomic E-state index is 11.7. The monoisotopic (exact) mass is 341 g/mol. The molecule has 3 aromatic rings. The van der Waals surface area contributed by atoms with Gasteiger partial charge < -0.3 is 20.3 Å². The van der Waals surface area contributed by atoms with Crippen molar-refractivity contribution in [1.29, 1.82) is 0 Å². The standard InChI is InChI=1S/C18H19N3O4/c22-15(10-19-18(24)25-11-12-5-2-1-3-6-12)17(23)14-8-4-7-13-9-20-21-16(13)14/h1-9,15,17,22-23H,10-11H2,(H,19,24)(H,20,21). The number of alkyl carbamates (subject to hydrolysis) is 1. The van der Waals surface area contributed by atoms with Gasteiger partial charge in [0.05, 0.1) is 11.7 Å². The first-order chi connectivity index (χ1) is 12.1. The Balaban J connectivity index is 1.52. The fourth-order valence-electron chi connectivity index (χ4n) is 2.52. The largest absolute Gasteiger partial charge is 0.445 e. The van der Waals surface area contributed by atoms with Gasteiger partial charge in [0, 0.05) is 17.5 Å². The van der Waals surface area contributed by atoms with Gasteiger partial charge in [-0.1, -0.05) is 48.5 Å². The summed E-state index contributed by atoms with van der Waals surface area (Å²) >= 11 is 0. The van der Waals surface area contributed by atoms with Crippen LogP contribution in [0.4, 0.5) is 4.79 Å². The van der Waals surface area contributed by atoms with E-state index in [0.717, 1.165) is 10.9 Å².